The van der Waals surface area contributed by atoms with Crippen molar-refractivity contribution < 1.29 is 10.0 Å². The van der Waals surface area contributed by atoms with Gasteiger partial charge in [0.1, 0.15) is 5.82 Å². The van der Waals surface area contributed by atoms with Crippen LogP contribution in [0.2, 0.25) is 0 Å². The van der Waals surface area contributed by atoms with Crippen molar-refractivity contribution in [1.82, 2.24) is 4.98 Å². The van der Waals surface area contributed by atoms with Gasteiger partial charge in [-0.05, 0) is 97.3 Å². The quantitative estimate of drug-likeness (QED) is 0.353. The van der Waals surface area contributed by atoms with Crippen LogP contribution < -0.4 is 5.32 Å². The molecule has 5 atom stereocenters. The molecule has 0 radical (unpaired) electrons. The summed E-state index contributed by atoms with van der Waals surface area (Å²) in [5.41, 5.74) is 5.22. The fourth-order valence-electron chi connectivity index (χ4n) is 7.57. The van der Waals surface area contributed by atoms with Gasteiger partial charge in [0.05, 0.1) is 5.71 Å². The highest BCUT2D eigenvalue weighted by Gasteiger charge is 2.57. The number of aryl methyl sites for hydroxylation is 1. The number of fused-ring (bicyclic) bond motifs is 5. The molecule has 0 saturated heterocycles. The van der Waals surface area contributed by atoms with Crippen molar-refractivity contribution in [2.24, 2.45) is 28.3 Å². The second kappa shape index (κ2) is 9.75. The van der Waals surface area contributed by atoms with Crippen molar-refractivity contribution in [2.75, 3.05) is 5.32 Å². The zero-order chi connectivity index (χ0) is 24.6. The fraction of sp³-hybridized carbons (Fsp3) is 0.567. The van der Waals surface area contributed by atoms with Crippen molar-refractivity contribution in [3.05, 3.63) is 59.3 Å². The lowest BCUT2D eigenvalue weighted by Gasteiger charge is -2.50. The molecular formula is C30H39N3O2. The van der Waals surface area contributed by atoms with Gasteiger partial charge in [0.15, 0.2) is 0 Å². The van der Waals surface area contributed by atoms with Gasteiger partial charge in [-0.15, -0.1) is 0 Å². The van der Waals surface area contributed by atoms with Gasteiger partial charge in [-0.3, -0.25) is 4.79 Å². The molecule has 2 saturated carbocycles. The number of hydrogen-bond acceptors (Lipinski definition) is 4. The van der Waals surface area contributed by atoms with Gasteiger partial charge in [-0.2, -0.15) is 0 Å². The lowest BCUT2D eigenvalue weighted by atomic mass is 9.54. The Balaban J connectivity index is 1.24. The molecule has 2 fully saturated rings. The molecule has 5 heteroatoms. The second-order valence-electron chi connectivity index (χ2n) is 11.6. The predicted molar refractivity (Wildman–Crippen MR) is 140 cm³/mol. The minimum atomic E-state index is -0.0167. The highest BCUT2D eigenvalue weighted by atomic mass is 16.4. The van der Waals surface area contributed by atoms with E-state index in [-0.39, 0.29) is 11.3 Å². The monoisotopic (exact) mass is 473 g/mol. The number of amides is 1. The summed E-state index contributed by atoms with van der Waals surface area (Å²) in [5, 5.41) is 16.7. The first-order valence-corrected chi connectivity index (χ1v) is 13.5. The fourth-order valence-corrected chi connectivity index (χ4v) is 7.57. The molecule has 5 nitrogen and oxygen atoms in total. The number of oxime groups is 1. The van der Waals surface area contributed by atoms with E-state index < -0.39 is 0 Å². The van der Waals surface area contributed by atoms with Crippen LogP contribution in [0.25, 0.3) is 0 Å². The Bertz CT molecular complexity index is 1090. The number of nitrogens with one attached hydrogen (secondary N) is 1. The molecule has 186 valence electrons. The van der Waals surface area contributed by atoms with Crippen LogP contribution in [0.1, 0.15) is 94.2 Å². The molecule has 3 unspecified atom stereocenters. The predicted octanol–water partition coefficient (Wildman–Crippen LogP) is 6.93. The van der Waals surface area contributed by atoms with Crippen LogP contribution in [0.4, 0.5) is 5.82 Å². The lowest BCUT2D eigenvalue weighted by molar-refractivity contribution is -0.116. The Morgan fingerprint density at radius 1 is 1.23 bits per heavy atom. The van der Waals surface area contributed by atoms with E-state index in [1.54, 1.807) is 5.56 Å². The minimum absolute atomic E-state index is 0.0167. The summed E-state index contributed by atoms with van der Waals surface area (Å²) in [7, 11) is 0. The summed E-state index contributed by atoms with van der Waals surface area (Å²) in [5.74, 6) is 3.31. The SMILES string of the molecule is CC(C)c1ccc(NC(=O)CCC[C@@H]2C/C(=N\O)[C@@]3(C)CCC4c5ccccc5CCC4C23)nc1. The largest absolute Gasteiger partial charge is 0.411 e. The first-order valence-electron chi connectivity index (χ1n) is 13.5. The number of rotatable bonds is 6. The molecule has 3 aliphatic rings. The highest BCUT2D eigenvalue weighted by molar-refractivity contribution is 5.92. The Morgan fingerprint density at radius 3 is 2.80 bits per heavy atom. The van der Waals surface area contributed by atoms with Crippen molar-refractivity contribution in [3.8, 4) is 0 Å². The third-order valence-corrected chi connectivity index (χ3v) is 9.33. The van der Waals surface area contributed by atoms with E-state index in [1.807, 2.05) is 18.3 Å². The number of aromatic nitrogens is 1. The van der Waals surface area contributed by atoms with Gasteiger partial charge < -0.3 is 10.5 Å². The Hall–Kier alpha value is -2.69. The number of carbonyl (C=O) groups excluding carboxylic acids is 1. The molecule has 1 aromatic heterocycles. The van der Waals surface area contributed by atoms with E-state index in [0.29, 0.717) is 41.8 Å². The van der Waals surface area contributed by atoms with Crippen LogP contribution >= 0.6 is 0 Å². The molecule has 1 aromatic carbocycles. The van der Waals surface area contributed by atoms with Crippen LogP contribution in [0.5, 0.6) is 0 Å². The van der Waals surface area contributed by atoms with Crippen LogP contribution in [-0.4, -0.2) is 21.8 Å². The van der Waals surface area contributed by atoms with Crippen molar-refractivity contribution >= 4 is 17.4 Å². The maximum atomic E-state index is 12.6. The normalized spacial score (nSPS) is 30.6. The zero-order valence-electron chi connectivity index (χ0n) is 21.3. The van der Waals surface area contributed by atoms with E-state index in [0.717, 1.165) is 37.8 Å². The lowest BCUT2D eigenvalue weighted by Crippen LogP contribution is -2.44. The van der Waals surface area contributed by atoms with Gasteiger partial charge in [-0.25, -0.2) is 4.98 Å². The summed E-state index contributed by atoms with van der Waals surface area (Å²) >= 11 is 0. The van der Waals surface area contributed by atoms with E-state index >= 15 is 0 Å². The first-order chi connectivity index (χ1) is 16.9. The maximum absolute atomic E-state index is 12.6. The molecule has 2 N–H and O–H groups in total. The number of pyridine rings is 1. The zero-order valence-corrected chi connectivity index (χ0v) is 21.3. The van der Waals surface area contributed by atoms with Gasteiger partial charge >= 0.3 is 0 Å². The molecule has 0 bridgehead atoms. The van der Waals surface area contributed by atoms with Gasteiger partial charge in [0, 0.05) is 18.0 Å². The van der Waals surface area contributed by atoms with Gasteiger partial charge in [0.2, 0.25) is 5.91 Å². The Morgan fingerprint density at radius 2 is 2.06 bits per heavy atom. The van der Waals surface area contributed by atoms with E-state index in [2.05, 4.69) is 60.5 Å². The summed E-state index contributed by atoms with van der Waals surface area (Å²) in [4.78, 5) is 17.0. The van der Waals surface area contributed by atoms with E-state index in [1.165, 1.54) is 24.0 Å². The number of anilines is 1. The number of benzene rings is 1. The second-order valence-corrected chi connectivity index (χ2v) is 11.6. The third kappa shape index (κ3) is 4.50. The molecular weight excluding hydrogens is 434 g/mol. The van der Waals surface area contributed by atoms with Crippen molar-refractivity contribution in [3.63, 3.8) is 0 Å². The standard InChI is InChI=1S/C30H39N3O2/c1-19(2)22-12-14-27(31-18-22)32-28(34)10-6-8-21-17-26(33-35)30(3)16-15-24-23-9-5-4-7-20(23)11-13-25(24)29(21)30/h4-5,7,9,12,14,18-19,21,24-25,29,35H,6,8,10-11,13,15-17H2,1-3H3,(H,31,32,34)/b33-26+/t21-,24?,25?,29?,30-/m1/s1. The average molecular weight is 474 g/mol. The van der Waals surface area contributed by atoms with E-state index in [9.17, 15) is 10.0 Å². The van der Waals surface area contributed by atoms with Gasteiger partial charge in [0.25, 0.3) is 0 Å². The molecule has 5 rings (SSSR count). The summed E-state index contributed by atoms with van der Waals surface area (Å²) in [6, 6.07) is 12.9. The third-order valence-electron chi connectivity index (χ3n) is 9.33. The van der Waals surface area contributed by atoms with E-state index in [4.69, 9.17) is 0 Å². The number of nitrogens with zero attached hydrogens (tertiary/aromatic N) is 2. The van der Waals surface area contributed by atoms with Crippen LogP contribution in [0, 0.1) is 23.2 Å². The van der Waals surface area contributed by atoms with Crippen molar-refractivity contribution in [1.29, 1.82) is 0 Å². The molecule has 3 aliphatic carbocycles. The minimum Gasteiger partial charge on any atom is -0.411 e. The molecule has 1 amide bonds. The number of hydrogen-bond donors (Lipinski definition) is 2. The summed E-state index contributed by atoms with van der Waals surface area (Å²) in [6.07, 6.45) is 9.67. The average Bonchev–Trinajstić information content (AvgIpc) is 3.15. The van der Waals surface area contributed by atoms with Crippen LogP contribution in [0.15, 0.2) is 47.8 Å². The maximum Gasteiger partial charge on any atom is 0.225 e. The van der Waals surface area contributed by atoms with Crippen molar-refractivity contribution in [2.45, 2.75) is 84.0 Å². The van der Waals surface area contributed by atoms with Crippen LogP contribution in [-0.2, 0) is 11.2 Å². The van der Waals surface area contributed by atoms with Crippen LogP contribution in [0.3, 0.4) is 0 Å². The molecule has 2 aromatic rings. The first kappa shape index (κ1) is 24.0. The molecule has 1 heterocycles. The Labute approximate surface area is 209 Å². The topological polar surface area (TPSA) is 74.6 Å². The highest BCUT2D eigenvalue weighted by Crippen LogP contribution is 2.62. The summed E-state index contributed by atoms with van der Waals surface area (Å²) in [6.45, 7) is 6.61. The molecule has 0 spiro atoms. The molecule has 35 heavy (non-hydrogen) atoms. The van der Waals surface area contributed by atoms with Gasteiger partial charge in [-0.1, -0.05) is 56.3 Å². The summed E-state index contributed by atoms with van der Waals surface area (Å²) < 4.78 is 0. The Kier molecular flexibility index (Phi) is 6.69. The molecule has 0 aliphatic heterocycles. The smallest absolute Gasteiger partial charge is 0.225 e. The number of carbonyl (C=O) groups is 1.